The van der Waals surface area contributed by atoms with Crippen molar-refractivity contribution < 1.29 is 9.59 Å². The van der Waals surface area contributed by atoms with E-state index in [0.717, 1.165) is 11.4 Å². The zero-order valence-corrected chi connectivity index (χ0v) is 12.3. The molecule has 1 heterocycles. The van der Waals surface area contributed by atoms with Crippen LogP contribution < -0.4 is 10.6 Å². The zero-order valence-electron chi connectivity index (χ0n) is 12.3. The van der Waals surface area contributed by atoms with Gasteiger partial charge in [0, 0.05) is 17.8 Å². The fourth-order valence-electron chi connectivity index (χ4n) is 1.84. The first kappa shape index (κ1) is 15.4. The Labute approximate surface area is 129 Å². The number of ketones is 1. The van der Waals surface area contributed by atoms with Crippen LogP contribution in [0.4, 0.5) is 11.4 Å². The standard InChI is InChI=1S/C17H17N3O2/c1-3-9-18-17(22)16-8-7-15(11-19-16)20-14-6-4-5-13(10-14)12(2)21/h3-8,10-11,20H,1,9H2,2H3,(H,18,22). The van der Waals surface area contributed by atoms with Gasteiger partial charge in [-0.15, -0.1) is 6.58 Å². The fraction of sp³-hybridized carbons (Fsp3) is 0.118. The van der Waals surface area contributed by atoms with E-state index in [0.29, 0.717) is 17.8 Å². The lowest BCUT2D eigenvalue weighted by Gasteiger charge is -2.08. The van der Waals surface area contributed by atoms with Gasteiger partial charge in [-0.3, -0.25) is 9.59 Å². The minimum atomic E-state index is -0.245. The molecule has 0 unspecified atom stereocenters. The van der Waals surface area contributed by atoms with Gasteiger partial charge >= 0.3 is 0 Å². The van der Waals surface area contributed by atoms with Crippen LogP contribution in [0.15, 0.2) is 55.3 Å². The van der Waals surface area contributed by atoms with Crippen molar-refractivity contribution in [3.8, 4) is 0 Å². The number of amides is 1. The fourth-order valence-corrected chi connectivity index (χ4v) is 1.84. The first-order valence-electron chi connectivity index (χ1n) is 6.83. The van der Waals surface area contributed by atoms with Gasteiger partial charge in [0.2, 0.25) is 0 Å². The molecular formula is C17H17N3O2. The first-order valence-corrected chi connectivity index (χ1v) is 6.83. The summed E-state index contributed by atoms with van der Waals surface area (Å²) < 4.78 is 0. The minimum Gasteiger partial charge on any atom is -0.354 e. The molecule has 5 heteroatoms. The Kier molecular flexibility index (Phi) is 5.03. The van der Waals surface area contributed by atoms with Gasteiger partial charge < -0.3 is 10.6 Å². The third kappa shape index (κ3) is 4.02. The molecule has 5 nitrogen and oxygen atoms in total. The topological polar surface area (TPSA) is 71.1 Å². The van der Waals surface area contributed by atoms with Gasteiger partial charge in [-0.2, -0.15) is 0 Å². The number of benzene rings is 1. The Morgan fingerprint density at radius 2 is 2.05 bits per heavy atom. The summed E-state index contributed by atoms with van der Waals surface area (Å²) in [6.07, 6.45) is 3.18. The number of aromatic nitrogens is 1. The van der Waals surface area contributed by atoms with Crippen molar-refractivity contribution in [1.29, 1.82) is 0 Å². The molecule has 0 saturated carbocycles. The molecule has 0 atom stereocenters. The summed E-state index contributed by atoms with van der Waals surface area (Å²) in [6, 6.07) is 10.6. The Morgan fingerprint density at radius 3 is 2.68 bits per heavy atom. The number of nitrogens with zero attached hydrogens (tertiary/aromatic N) is 1. The van der Waals surface area contributed by atoms with E-state index in [2.05, 4.69) is 22.2 Å². The van der Waals surface area contributed by atoms with Gasteiger partial charge in [-0.1, -0.05) is 18.2 Å². The quantitative estimate of drug-likeness (QED) is 0.635. The molecule has 112 valence electrons. The summed E-state index contributed by atoms with van der Waals surface area (Å²) in [6.45, 7) is 5.46. The molecular weight excluding hydrogens is 278 g/mol. The third-order valence-corrected chi connectivity index (χ3v) is 2.96. The molecule has 0 aliphatic heterocycles. The van der Waals surface area contributed by atoms with Gasteiger partial charge in [0.05, 0.1) is 11.9 Å². The second-order valence-electron chi connectivity index (χ2n) is 4.69. The van der Waals surface area contributed by atoms with Crippen LogP contribution >= 0.6 is 0 Å². The number of hydrogen-bond donors (Lipinski definition) is 2. The highest BCUT2D eigenvalue weighted by molar-refractivity contribution is 5.95. The summed E-state index contributed by atoms with van der Waals surface area (Å²) in [5.41, 5.74) is 2.50. The second kappa shape index (κ2) is 7.17. The van der Waals surface area contributed by atoms with E-state index in [1.165, 1.54) is 6.92 Å². The van der Waals surface area contributed by atoms with Gasteiger partial charge in [0.25, 0.3) is 5.91 Å². The van der Waals surface area contributed by atoms with Crippen LogP contribution in [-0.2, 0) is 0 Å². The van der Waals surface area contributed by atoms with Crippen LogP contribution in [0.3, 0.4) is 0 Å². The number of carbonyl (C=O) groups excluding carboxylic acids is 2. The summed E-state index contributed by atoms with van der Waals surface area (Å²) in [5, 5.41) is 5.81. The third-order valence-electron chi connectivity index (χ3n) is 2.96. The Morgan fingerprint density at radius 1 is 1.23 bits per heavy atom. The average molecular weight is 295 g/mol. The smallest absolute Gasteiger partial charge is 0.270 e. The molecule has 0 aliphatic carbocycles. The zero-order chi connectivity index (χ0) is 15.9. The molecule has 0 saturated heterocycles. The molecule has 0 bridgehead atoms. The molecule has 0 radical (unpaired) electrons. The van der Waals surface area contributed by atoms with Crippen molar-refractivity contribution in [3.63, 3.8) is 0 Å². The molecule has 0 fully saturated rings. The van der Waals surface area contributed by atoms with Crippen molar-refractivity contribution in [2.24, 2.45) is 0 Å². The Hall–Kier alpha value is -2.95. The second-order valence-corrected chi connectivity index (χ2v) is 4.69. The lowest BCUT2D eigenvalue weighted by molar-refractivity contribution is 0.0952. The van der Waals surface area contributed by atoms with Crippen LogP contribution in [0.1, 0.15) is 27.8 Å². The maximum absolute atomic E-state index is 11.7. The lowest BCUT2D eigenvalue weighted by Crippen LogP contribution is -2.24. The van der Waals surface area contributed by atoms with Crippen molar-refractivity contribution >= 4 is 23.1 Å². The number of pyridine rings is 1. The van der Waals surface area contributed by atoms with E-state index >= 15 is 0 Å². The normalized spacial score (nSPS) is 9.86. The summed E-state index contributed by atoms with van der Waals surface area (Å²) in [5.74, 6) is -0.235. The molecule has 0 aliphatic rings. The first-order chi connectivity index (χ1) is 10.6. The summed E-state index contributed by atoms with van der Waals surface area (Å²) in [4.78, 5) is 27.2. The van der Waals surface area contributed by atoms with Crippen molar-refractivity contribution in [3.05, 3.63) is 66.5 Å². The van der Waals surface area contributed by atoms with Crippen molar-refractivity contribution in [2.75, 3.05) is 11.9 Å². The molecule has 0 spiro atoms. The molecule has 22 heavy (non-hydrogen) atoms. The largest absolute Gasteiger partial charge is 0.354 e. The summed E-state index contributed by atoms with van der Waals surface area (Å²) >= 11 is 0. The van der Waals surface area contributed by atoms with Gasteiger partial charge in [-0.25, -0.2) is 4.98 Å². The van der Waals surface area contributed by atoms with E-state index < -0.39 is 0 Å². The predicted molar refractivity (Wildman–Crippen MR) is 86.5 cm³/mol. The van der Waals surface area contributed by atoms with Gasteiger partial charge in [0.1, 0.15) is 5.69 Å². The number of anilines is 2. The highest BCUT2D eigenvalue weighted by atomic mass is 16.1. The van der Waals surface area contributed by atoms with Crippen LogP contribution in [0, 0.1) is 0 Å². The van der Waals surface area contributed by atoms with E-state index in [1.807, 2.05) is 12.1 Å². The molecule has 2 N–H and O–H groups in total. The van der Waals surface area contributed by atoms with Crippen LogP contribution in [-0.4, -0.2) is 23.2 Å². The molecule has 1 aromatic carbocycles. The minimum absolute atomic E-state index is 0.0102. The Bertz CT molecular complexity index is 693. The lowest BCUT2D eigenvalue weighted by atomic mass is 10.1. The van der Waals surface area contributed by atoms with E-state index in [1.54, 1.807) is 36.5 Å². The highest BCUT2D eigenvalue weighted by Crippen LogP contribution is 2.17. The SMILES string of the molecule is C=CCNC(=O)c1ccc(Nc2cccc(C(C)=O)c2)cn1. The molecule has 2 aromatic rings. The number of carbonyl (C=O) groups is 2. The maximum Gasteiger partial charge on any atom is 0.270 e. The van der Waals surface area contributed by atoms with E-state index in [-0.39, 0.29) is 11.7 Å². The number of hydrogen-bond acceptors (Lipinski definition) is 4. The van der Waals surface area contributed by atoms with Crippen LogP contribution in [0.2, 0.25) is 0 Å². The number of Topliss-reactive ketones (excluding diaryl/α,β-unsaturated/α-hetero) is 1. The van der Waals surface area contributed by atoms with Crippen LogP contribution in [0.5, 0.6) is 0 Å². The average Bonchev–Trinajstić information content (AvgIpc) is 2.53. The predicted octanol–water partition coefficient (Wildman–Crippen LogP) is 2.94. The number of rotatable bonds is 6. The van der Waals surface area contributed by atoms with Crippen LogP contribution in [0.25, 0.3) is 0 Å². The maximum atomic E-state index is 11.7. The van der Waals surface area contributed by atoms with E-state index in [4.69, 9.17) is 0 Å². The van der Waals surface area contributed by atoms with Gasteiger partial charge in [-0.05, 0) is 31.2 Å². The molecule has 1 amide bonds. The monoisotopic (exact) mass is 295 g/mol. The van der Waals surface area contributed by atoms with Crippen molar-refractivity contribution in [1.82, 2.24) is 10.3 Å². The Balaban J connectivity index is 2.08. The summed E-state index contributed by atoms with van der Waals surface area (Å²) in [7, 11) is 0. The van der Waals surface area contributed by atoms with Crippen molar-refractivity contribution in [2.45, 2.75) is 6.92 Å². The van der Waals surface area contributed by atoms with E-state index in [9.17, 15) is 9.59 Å². The highest BCUT2D eigenvalue weighted by Gasteiger charge is 2.06. The molecule has 1 aromatic heterocycles. The number of nitrogens with one attached hydrogen (secondary N) is 2. The molecule has 2 rings (SSSR count). The van der Waals surface area contributed by atoms with Gasteiger partial charge in [0.15, 0.2) is 5.78 Å².